The standard InChI is InChI=1S/C20H14O2S/c21-23(20-14-6-10-16-8-2-4-12-18(16)20)22-19-13-5-9-15-7-1-3-11-17(15)19/h1-14H. The highest BCUT2D eigenvalue weighted by Crippen LogP contribution is 2.28. The zero-order chi connectivity index (χ0) is 15.6. The minimum Gasteiger partial charge on any atom is -0.396 e. The number of benzene rings is 4. The first-order valence-corrected chi connectivity index (χ1v) is 8.46. The van der Waals surface area contributed by atoms with Crippen LogP contribution >= 0.6 is 0 Å². The Hall–Kier alpha value is -2.65. The Morgan fingerprint density at radius 1 is 0.609 bits per heavy atom. The summed E-state index contributed by atoms with van der Waals surface area (Å²) < 4.78 is 18.6. The predicted octanol–water partition coefficient (Wildman–Crippen LogP) is 5.09. The highest BCUT2D eigenvalue weighted by molar-refractivity contribution is 7.80. The van der Waals surface area contributed by atoms with Gasteiger partial charge in [0, 0.05) is 10.8 Å². The van der Waals surface area contributed by atoms with Crippen LogP contribution in [0.2, 0.25) is 0 Å². The molecule has 23 heavy (non-hydrogen) atoms. The van der Waals surface area contributed by atoms with Crippen molar-refractivity contribution in [3.05, 3.63) is 84.9 Å². The van der Waals surface area contributed by atoms with Gasteiger partial charge in [0.1, 0.15) is 5.75 Å². The molecule has 0 saturated carbocycles. The van der Waals surface area contributed by atoms with Gasteiger partial charge in [-0.15, -0.1) is 0 Å². The van der Waals surface area contributed by atoms with Crippen molar-refractivity contribution in [1.29, 1.82) is 0 Å². The van der Waals surface area contributed by atoms with Crippen molar-refractivity contribution in [1.82, 2.24) is 0 Å². The highest BCUT2D eigenvalue weighted by Gasteiger charge is 2.12. The van der Waals surface area contributed by atoms with Gasteiger partial charge in [-0.25, -0.2) is 4.21 Å². The molecule has 0 aliphatic heterocycles. The van der Waals surface area contributed by atoms with Gasteiger partial charge in [-0.1, -0.05) is 72.8 Å². The second-order valence-corrected chi connectivity index (χ2v) is 6.35. The van der Waals surface area contributed by atoms with Crippen molar-refractivity contribution in [2.75, 3.05) is 0 Å². The summed E-state index contributed by atoms with van der Waals surface area (Å²) >= 11 is -1.56. The van der Waals surface area contributed by atoms with Gasteiger partial charge in [-0.2, -0.15) is 0 Å². The van der Waals surface area contributed by atoms with Gasteiger partial charge >= 0.3 is 0 Å². The van der Waals surface area contributed by atoms with E-state index in [0.717, 1.165) is 21.5 Å². The highest BCUT2D eigenvalue weighted by atomic mass is 32.2. The van der Waals surface area contributed by atoms with Crippen LogP contribution in [0.5, 0.6) is 5.75 Å². The summed E-state index contributed by atoms with van der Waals surface area (Å²) in [4.78, 5) is 0.691. The monoisotopic (exact) mass is 318 g/mol. The van der Waals surface area contributed by atoms with Crippen LogP contribution < -0.4 is 4.18 Å². The summed E-state index contributed by atoms with van der Waals surface area (Å²) in [5.74, 6) is 0.634. The molecule has 112 valence electrons. The molecule has 0 radical (unpaired) electrons. The van der Waals surface area contributed by atoms with Crippen LogP contribution in [0.1, 0.15) is 0 Å². The number of hydrogen-bond acceptors (Lipinski definition) is 2. The predicted molar refractivity (Wildman–Crippen MR) is 94.9 cm³/mol. The average Bonchev–Trinajstić information content (AvgIpc) is 2.61. The summed E-state index contributed by atoms with van der Waals surface area (Å²) in [6.07, 6.45) is 0. The number of fused-ring (bicyclic) bond motifs is 2. The molecule has 0 saturated heterocycles. The van der Waals surface area contributed by atoms with Crippen molar-refractivity contribution in [3.8, 4) is 5.75 Å². The topological polar surface area (TPSA) is 26.3 Å². The minimum atomic E-state index is -1.56. The van der Waals surface area contributed by atoms with E-state index < -0.39 is 11.1 Å². The van der Waals surface area contributed by atoms with E-state index in [9.17, 15) is 4.21 Å². The van der Waals surface area contributed by atoms with Gasteiger partial charge in [-0.3, -0.25) is 0 Å². The van der Waals surface area contributed by atoms with E-state index >= 15 is 0 Å². The lowest BCUT2D eigenvalue weighted by Crippen LogP contribution is -2.02. The molecule has 2 nitrogen and oxygen atoms in total. The number of rotatable bonds is 3. The van der Waals surface area contributed by atoms with Crippen molar-refractivity contribution in [2.24, 2.45) is 0 Å². The molecule has 4 rings (SSSR count). The zero-order valence-corrected chi connectivity index (χ0v) is 13.1. The molecule has 3 heteroatoms. The molecule has 0 fully saturated rings. The third-order valence-electron chi connectivity index (χ3n) is 3.84. The Kier molecular flexibility index (Phi) is 3.56. The molecule has 0 heterocycles. The maximum Gasteiger partial charge on any atom is 0.241 e. The van der Waals surface area contributed by atoms with E-state index in [4.69, 9.17) is 4.18 Å². The molecule has 0 aliphatic rings. The molecule has 0 spiro atoms. The van der Waals surface area contributed by atoms with Crippen molar-refractivity contribution >= 4 is 32.6 Å². The van der Waals surface area contributed by atoms with Gasteiger partial charge in [0.25, 0.3) is 0 Å². The van der Waals surface area contributed by atoms with Crippen LogP contribution in [0.15, 0.2) is 89.8 Å². The maximum atomic E-state index is 12.8. The molecular weight excluding hydrogens is 304 g/mol. The second-order valence-electron chi connectivity index (χ2n) is 5.27. The van der Waals surface area contributed by atoms with E-state index in [1.165, 1.54) is 0 Å². The Morgan fingerprint density at radius 2 is 1.17 bits per heavy atom. The van der Waals surface area contributed by atoms with Crippen LogP contribution in [0.4, 0.5) is 0 Å². The Labute approximate surface area is 137 Å². The molecule has 0 aromatic heterocycles. The van der Waals surface area contributed by atoms with E-state index in [-0.39, 0.29) is 0 Å². The summed E-state index contributed by atoms with van der Waals surface area (Å²) in [6, 6.07) is 27.4. The fourth-order valence-corrected chi connectivity index (χ4v) is 3.69. The van der Waals surface area contributed by atoms with Gasteiger partial charge in [-0.05, 0) is 22.9 Å². The summed E-state index contributed by atoms with van der Waals surface area (Å²) in [5.41, 5.74) is 0. The largest absolute Gasteiger partial charge is 0.396 e. The van der Waals surface area contributed by atoms with Crippen LogP contribution in [0.3, 0.4) is 0 Å². The van der Waals surface area contributed by atoms with E-state index in [1.807, 2.05) is 84.9 Å². The van der Waals surface area contributed by atoms with Gasteiger partial charge in [0.15, 0.2) is 0 Å². The van der Waals surface area contributed by atoms with E-state index in [1.54, 1.807) is 0 Å². The molecule has 0 amide bonds. The van der Waals surface area contributed by atoms with Gasteiger partial charge in [0.05, 0.1) is 4.90 Å². The van der Waals surface area contributed by atoms with Crippen LogP contribution in [0, 0.1) is 0 Å². The van der Waals surface area contributed by atoms with E-state index in [2.05, 4.69) is 0 Å². The van der Waals surface area contributed by atoms with Crippen LogP contribution in [0.25, 0.3) is 21.5 Å². The average molecular weight is 318 g/mol. The Morgan fingerprint density at radius 3 is 1.96 bits per heavy atom. The molecule has 4 aromatic carbocycles. The molecule has 0 N–H and O–H groups in total. The normalized spacial score (nSPS) is 12.3. The lowest BCUT2D eigenvalue weighted by atomic mass is 10.1. The van der Waals surface area contributed by atoms with Crippen molar-refractivity contribution in [3.63, 3.8) is 0 Å². The number of hydrogen-bond donors (Lipinski definition) is 0. The molecule has 0 bridgehead atoms. The molecular formula is C20H14O2S. The zero-order valence-electron chi connectivity index (χ0n) is 12.3. The summed E-state index contributed by atoms with van der Waals surface area (Å²) in [6.45, 7) is 0. The smallest absolute Gasteiger partial charge is 0.241 e. The maximum absolute atomic E-state index is 12.8. The molecule has 1 unspecified atom stereocenters. The Bertz CT molecular complexity index is 1010. The van der Waals surface area contributed by atoms with E-state index in [0.29, 0.717) is 10.6 Å². The third-order valence-corrected chi connectivity index (χ3v) is 4.89. The van der Waals surface area contributed by atoms with Gasteiger partial charge < -0.3 is 4.18 Å². The first-order chi connectivity index (χ1) is 11.3. The SMILES string of the molecule is O=S(Oc1cccc2ccccc12)c1cccc2ccccc12. The third kappa shape index (κ3) is 2.60. The molecule has 1 atom stereocenters. The Balaban J connectivity index is 1.77. The fraction of sp³-hybridized carbons (Fsp3) is 0. The quantitative estimate of drug-likeness (QED) is 0.525. The summed E-state index contributed by atoms with van der Waals surface area (Å²) in [7, 11) is 0. The van der Waals surface area contributed by atoms with Crippen molar-refractivity contribution in [2.45, 2.75) is 4.90 Å². The molecule has 0 aliphatic carbocycles. The summed E-state index contributed by atoms with van der Waals surface area (Å²) in [5, 5.41) is 4.04. The van der Waals surface area contributed by atoms with Crippen molar-refractivity contribution < 1.29 is 8.39 Å². The van der Waals surface area contributed by atoms with Gasteiger partial charge in [0.2, 0.25) is 11.1 Å². The lowest BCUT2D eigenvalue weighted by Gasteiger charge is -2.10. The minimum absolute atomic E-state index is 0.634. The van der Waals surface area contributed by atoms with Crippen LogP contribution in [-0.2, 0) is 11.1 Å². The first-order valence-electron chi connectivity index (χ1n) is 7.38. The van der Waals surface area contributed by atoms with Crippen LogP contribution in [-0.4, -0.2) is 4.21 Å². The fourth-order valence-electron chi connectivity index (χ4n) is 2.74. The first kappa shape index (κ1) is 14.0. The lowest BCUT2D eigenvalue weighted by molar-refractivity contribution is 0.567. The molecule has 4 aromatic rings. The second kappa shape index (κ2) is 5.86.